The molecule has 156 valence electrons. The number of benzene rings is 3. The van der Waals surface area contributed by atoms with Crippen molar-refractivity contribution in [3.05, 3.63) is 93.3 Å². The first kappa shape index (κ1) is 22.1. The number of ether oxygens (including phenoxy) is 1. The molecule has 4 rings (SSSR count). The summed E-state index contributed by atoms with van der Waals surface area (Å²) in [6.07, 6.45) is 3.86. The second-order valence-corrected chi connectivity index (χ2v) is 10.1. The van der Waals surface area contributed by atoms with E-state index in [1.165, 1.54) is 11.8 Å². The minimum Gasteiger partial charge on any atom is -0.488 e. The number of hydrogen-bond donors (Lipinski definition) is 0. The quantitative estimate of drug-likeness (QED) is 0.193. The van der Waals surface area contributed by atoms with E-state index < -0.39 is 0 Å². The highest BCUT2D eigenvalue weighted by atomic mass is 79.9. The summed E-state index contributed by atoms with van der Waals surface area (Å²) in [6.45, 7) is 0.450. The number of carbonyl (C=O) groups is 1. The molecule has 3 aromatic carbocycles. The van der Waals surface area contributed by atoms with Gasteiger partial charge in [-0.05, 0) is 54.3 Å². The molecule has 1 fully saturated rings. The smallest absolute Gasteiger partial charge is 0.270 e. The van der Waals surface area contributed by atoms with Gasteiger partial charge in [0.15, 0.2) is 4.32 Å². The molecule has 0 atom stereocenters. The van der Waals surface area contributed by atoms with Crippen molar-refractivity contribution < 1.29 is 9.53 Å². The highest BCUT2D eigenvalue weighted by Crippen LogP contribution is 2.38. The van der Waals surface area contributed by atoms with Crippen LogP contribution in [0.3, 0.4) is 0 Å². The second kappa shape index (κ2) is 10.0. The molecule has 1 amide bonds. The summed E-state index contributed by atoms with van der Waals surface area (Å²) >= 11 is 12.0. The molecule has 3 aromatic rings. The Balaban J connectivity index is 1.61. The largest absolute Gasteiger partial charge is 0.488 e. The zero-order valence-corrected chi connectivity index (χ0v) is 20.6. The lowest BCUT2D eigenvalue weighted by Gasteiger charge is -2.15. The van der Waals surface area contributed by atoms with Crippen LogP contribution in [0, 0.1) is 0 Å². The molecule has 0 N–H and O–H groups in total. The number of amides is 1. The van der Waals surface area contributed by atoms with Crippen LogP contribution < -0.4 is 9.64 Å². The average Bonchev–Trinajstić information content (AvgIpc) is 3.06. The Morgan fingerprint density at radius 2 is 1.90 bits per heavy atom. The number of rotatable bonds is 6. The van der Waals surface area contributed by atoms with Crippen molar-refractivity contribution in [1.82, 2.24) is 0 Å². The summed E-state index contributed by atoms with van der Waals surface area (Å²) in [5, 5.41) is 0. The molecular formula is C24H18BrNO2S3. The van der Waals surface area contributed by atoms with E-state index in [1.54, 1.807) is 16.7 Å². The molecule has 0 spiro atoms. The summed E-state index contributed by atoms with van der Waals surface area (Å²) in [7, 11) is 0. The fourth-order valence-corrected chi connectivity index (χ4v) is 5.20. The molecule has 1 aliphatic rings. The lowest BCUT2D eigenvalue weighted by molar-refractivity contribution is -0.113. The van der Waals surface area contributed by atoms with Gasteiger partial charge in [0.25, 0.3) is 5.91 Å². The van der Waals surface area contributed by atoms with Crippen LogP contribution in [-0.2, 0) is 11.4 Å². The van der Waals surface area contributed by atoms with Gasteiger partial charge in [0.2, 0.25) is 0 Å². The van der Waals surface area contributed by atoms with E-state index >= 15 is 0 Å². The van der Waals surface area contributed by atoms with E-state index in [9.17, 15) is 4.79 Å². The molecule has 0 bridgehead atoms. The maximum atomic E-state index is 13.2. The van der Waals surface area contributed by atoms with E-state index in [0.717, 1.165) is 26.2 Å². The Labute approximate surface area is 204 Å². The summed E-state index contributed by atoms with van der Waals surface area (Å²) < 4.78 is 7.49. The first-order valence-electron chi connectivity index (χ1n) is 9.43. The van der Waals surface area contributed by atoms with Crippen LogP contribution in [-0.4, -0.2) is 16.5 Å². The van der Waals surface area contributed by atoms with Crippen LogP contribution in [0.15, 0.2) is 87.1 Å². The Kier molecular flexibility index (Phi) is 7.17. The third-order valence-corrected chi connectivity index (χ3v) is 7.12. The highest BCUT2D eigenvalue weighted by molar-refractivity contribution is 9.10. The molecule has 1 saturated heterocycles. The number of halogens is 1. The number of thioether (sulfide) groups is 2. The molecule has 0 aliphatic carbocycles. The van der Waals surface area contributed by atoms with Gasteiger partial charge in [0.1, 0.15) is 12.4 Å². The SMILES string of the molecule is CSc1cccc(N2C(=O)/C(=C/c3cc(Br)ccc3OCc3ccccc3)SC2=S)c1. The number of hydrogen-bond acceptors (Lipinski definition) is 5. The molecule has 0 radical (unpaired) electrons. The Hall–Kier alpha value is -2.06. The number of nitrogens with zero attached hydrogens (tertiary/aromatic N) is 1. The molecule has 31 heavy (non-hydrogen) atoms. The van der Waals surface area contributed by atoms with Crippen LogP contribution in [0.5, 0.6) is 5.75 Å². The van der Waals surface area contributed by atoms with E-state index in [-0.39, 0.29) is 5.91 Å². The van der Waals surface area contributed by atoms with Crippen molar-refractivity contribution >= 4 is 73.7 Å². The first-order chi connectivity index (χ1) is 15.0. The van der Waals surface area contributed by atoms with Crippen molar-refractivity contribution in [1.29, 1.82) is 0 Å². The normalized spacial score (nSPS) is 15.0. The summed E-state index contributed by atoms with van der Waals surface area (Å²) in [6, 6.07) is 23.6. The molecule has 0 unspecified atom stereocenters. The maximum absolute atomic E-state index is 13.2. The van der Waals surface area contributed by atoms with Crippen LogP contribution >= 0.6 is 51.7 Å². The average molecular weight is 529 g/mol. The van der Waals surface area contributed by atoms with E-state index in [0.29, 0.717) is 21.6 Å². The van der Waals surface area contributed by atoms with Crippen LogP contribution in [0.4, 0.5) is 5.69 Å². The van der Waals surface area contributed by atoms with Crippen LogP contribution in [0.1, 0.15) is 11.1 Å². The van der Waals surface area contributed by atoms with Crippen LogP contribution in [0.25, 0.3) is 6.08 Å². The third-order valence-electron chi connectivity index (χ3n) is 4.60. The predicted octanol–water partition coefficient (Wildman–Crippen LogP) is 7.16. The maximum Gasteiger partial charge on any atom is 0.270 e. The van der Waals surface area contributed by atoms with Crippen molar-refractivity contribution in [3.63, 3.8) is 0 Å². The van der Waals surface area contributed by atoms with Gasteiger partial charge in [-0.2, -0.15) is 0 Å². The lowest BCUT2D eigenvalue weighted by Crippen LogP contribution is -2.27. The van der Waals surface area contributed by atoms with Crippen molar-refractivity contribution in [2.45, 2.75) is 11.5 Å². The Morgan fingerprint density at radius 1 is 1.10 bits per heavy atom. The highest BCUT2D eigenvalue weighted by Gasteiger charge is 2.33. The van der Waals surface area contributed by atoms with E-state index in [1.807, 2.05) is 85.1 Å². The number of thiocarbonyl (C=S) groups is 1. The van der Waals surface area contributed by atoms with Crippen molar-refractivity contribution in [3.8, 4) is 5.75 Å². The summed E-state index contributed by atoms with van der Waals surface area (Å²) in [5.41, 5.74) is 2.69. The molecule has 0 aromatic heterocycles. The Morgan fingerprint density at radius 3 is 2.68 bits per heavy atom. The zero-order valence-electron chi connectivity index (χ0n) is 16.6. The zero-order chi connectivity index (χ0) is 21.8. The minimum absolute atomic E-state index is 0.123. The lowest BCUT2D eigenvalue weighted by atomic mass is 10.1. The van der Waals surface area contributed by atoms with E-state index in [2.05, 4.69) is 15.9 Å². The first-order valence-corrected chi connectivity index (χ1v) is 12.7. The standard InChI is InChI=1S/C24H18BrNO2S3/c1-30-20-9-5-8-19(14-20)26-23(27)22(31-24(26)29)13-17-12-18(25)10-11-21(17)28-15-16-6-3-2-4-7-16/h2-14H,15H2,1H3/b22-13-. The van der Waals surface area contributed by atoms with Crippen LogP contribution in [0.2, 0.25) is 0 Å². The van der Waals surface area contributed by atoms with Gasteiger partial charge in [0.05, 0.1) is 10.6 Å². The molecule has 3 nitrogen and oxygen atoms in total. The number of anilines is 1. The van der Waals surface area contributed by atoms with Gasteiger partial charge in [0, 0.05) is 14.9 Å². The van der Waals surface area contributed by atoms with Gasteiger partial charge in [-0.25, -0.2) is 0 Å². The molecule has 1 heterocycles. The molecule has 7 heteroatoms. The topological polar surface area (TPSA) is 29.5 Å². The van der Waals surface area contributed by atoms with Gasteiger partial charge < -0.3 is 4.74 Å². The predicted molar refractivity (Wildman–Crippen MR) is 139 cm³/mol. The Bertz CT molecular complexity index is 1160. The summed E-state index contributed by atoms with van der Waals surface area (Å²) in [5.74, 6) is 0.587. The fraction of sp³-hybridized carbons (Fsp3) is 0.0833. The fourth-order valence-electron chi connectivity index (χ4n) is 3.08. The van der Waals surface area contributed by atoms with Gasteiger partial charge in [-0.3, -0.25) is 9.69 Å². The van der Waals surface area contributed by atoms with Crippen molar-refractivity contribution in [2.24, 2.45) is 0 Å². The van der Waals surface area contributed by atoms with Gasteiger partial charge >= 0.3 is 0 Å². The monoisotopic (exact) mass is 527 g/mol. The second-order valence-electron chi connectivity index (χ2n) is 6.68. The third kappa shape index (κ3) is 5.23. The number of carbonyl (C=O) groups excluding carboxylic acids is 1. The minimum atomic E-state index is -0.123. The van der Waals surface area contributed by atoms with E-state index in [4.69, 9.17) is 17.0 Å². The molecular weight excluding hydrogens is 510 g/mol. The van der Waals surface area contributed by atoms with Gasteiger partial charge in [-0.1, -0.05) is 76.3 Å². The molecule has 1 aliphatic heterocycles. The molecule has 0 saturated carbocycles. The van der Waals surface area contributed by atoms with Crippen molar-refractivity contribution in [2.75, 3.05) is 11.2 Å². The van der Waals surface area contributed by atoms with Gasteiger partial charge in [-0.15, -0.1) is 11.8 Å². The summed E-state index contributed by atoms with van der Waals surface area (Å²) in [4.78, 5) is 16.4.